The first-order chi connectivity index (χ1) is 15.0. The molecule has 2 heteroatoms. The van der Waals surface area contributed by atoms with Crippen LogP contribution in [0.3, 0.4) is 0 Å². The molecule has 0 radical (unpaired) electrons. The van der Waals surface area contributed by atoms with E-state index in [0.29, 0.717) is 12.2 Å². The van der Waals surface area contributed by atoms with Crippen LogP contribution in [-0.4, -0.2) is 30.3 Å². The van der Waals surface area contributed by atoms with E-state index in [1.165, 1.54) is 44.5 Å². The van der Waals surface area contributed by atoms with Crippen molar-refractivity contribution in [2.45, 2.75) is 59.8 Å². The summed E-state index contributed by atoms with van der Waals surface area (Å²) in [6.07, 6.45) is 9.40. The fourth-order valence-corrected chi connectivity index (χ4v) is 5.09. The quantitative estimate of drug-likeness (QED) is 0.474. The minimum Gasteiger partial charge on any atom is -0.304 e. The fourth-order valence-electron chi connectivity index (χ4n) is 5.09. The number of nitrogens with zero attached hydrogens (tertiary/aromatic N) is 1. The van der Waals surface area contributed by atoms with Crippen molar-refractivity contribution < 1.29 is 4.79 Å². The summed E-state index contributed by atoms with van der Waals surface area (Å²) in [6, 6.07) is 11.2. The molecule has 0 amide bonds. The number of benzene rings is 2. The Balaban J connectivity index is 1.75. The van der Waals surface area contributed by atoms with Crippen LogP contribution in [0.4, 0.5) is 0 Å². The second-order valence-electron chi connectivity index (χ2n) is 9.06. The summed E-state index contributed by atoms with van der Waals surface area (Å²) in [4.78, 5) is 15.0. The van der Waals surface area contributed by atoms with E-state index in [1.54, 1.807) is 0 Å². The van der Waals surface area contributed by atoms with E-state index in [9.17, 15) is 4.79 Å². The van der Waals surface area contributed by atoms with Crippen molar-refractivity contribution >= 4 is 11.4 Å². The molecule has 0 atom stereocenters. The van der Waals surface area contributed by atoms with Crippen molar-refractivity contribution in [3.8, 4) is 11.1 Å². The van der Waals surface area contributed by atoms with Crippen LogP contribution in [0, 0.1) is 6.92 Å². The first kappa shape index (κ1) is 21.8. The minimum absolute atomic E-state index is 0.303. The molecule has 31 heavy (non-hydrogen) atoms. The van der Waals surface area contributed by atoms with Crippen LogP contribution < -0.4 is 0 Å². The Labute approximate surface area is 187 Å². The summed E-state index contributed by atoms with van der Waals surface area (Å²) in [5.74, 6) is 0.303. The van der Waals surface area contributed by atoms with Crippen molar-refractivity contribution in [1.82, 2.24) is 4.90 Å². The molecule has 2 aromatic rings. The molecule has 0 aliphatic heterocycles. The van der Waals surface area contributed by atoms with Gasteiger partial charge in [-0.15, -0.1) is 0 Å². The summed E-state index contributed by atoms with van der Waals surface area (Å²) in [7, 11) is 0. The van der Waals surface area contributed by atoms with Gasteiger partial charge in [0.1, 0.15) is 0 Å². The standard InChI is InChI=1S/C29H35NO/c1-5-30(6-2)17-7-8-22-13-14-25-26(15-16-28(25)31)29(22)27-19-24(12-10-21(27)4)23-11-9-20(3)18-23/h10-14,18-19H,5-9,15-17H2,1-4H3. The van der Waals surface area contributed by atoms with Gasteiger partial charge in [-0.05, 0) is 104 Å². The number of allylic oxidation sites excluding steroid dienone is 4. The van der Waals surface area contributed by atoms with Gasteiger partial charge >= 0.3 is 0 Å². The van der Waals surface area contributed by atoms with Crippen LogP contribution in [0.15, 0.2) is 48.1 Å². The highest BCUT2D eigenvalue weighted by molar-refractivity contribution is 6.03. The van der Waals surface area contributed by atoms with E-state index in [1.807, 2.05) is 0 Å². The number of fused-ring (bicyclic) bond motifs is 1. The van der Waals surface area contributed by atoms with E-state index in [4.69, 9.17) is 0 Å². The summed E-state index contributed by atoms with van der Waals surface area (Å²) >= 11 is 0. The van der Waals surface area contributed by atoms with Crippen molar-refractivity contribution in [3.63, 3.8) is 0 Å². The molecule has 0 N–H and O–H groups in total. The van der Waals surface area contributed by atoms with Crippen LogP contribution in [0.2, 0.25) is 0 Å². The third-order valence-corrected chi connectivity index (χ3v) is 7.00. The number of hydrogen-bond acceptors (Lipinski definition) is 2. The lowest BCUT2D eigenvalue weighted by Crippen LogP contribution is -2.24. The number of hydrogen-bond donors (Lipinski definition) is 0. The Bertz CT molecular complexity index is 1050. The zero-order valence-corrected chi connectivity index (χ0v) is 19.6. The first-order valence-corrected chi connectivity index (χ1v) is 11.9. The molecule has 2 aliphatic rings. The van der Waals surface area contributed by atoms with Crippen molar-refractivity contribution in [3.05, 3.63) is 75.9 Å². The Kier molecular flexibility index (Phi) is 6.57. The highest BCUT2D eigenvalue weighted by atomic mass is 16.1. The molecule has 0 bridgehead atoms. The highest BCUT2D eigenvalue weighted by Gasteiger charge is 2.25. The van der Waals surface area contributed by atoms with Gasteiger partial charge < -0.3 is 4.90 Å². The molecular formula is C29H35NO. The van der Waals surface area contributed by atoms with Crippen molar-refractivity contribution in [2.75, 3.05) is 19.6 Å². The number of ketones is 1. The number of rotatable bonds is 8. The maximum Gasteiger partial charge on any atom is 0.163 e. The molecule has 0 unspecified atom stereocenters. The molecule has 2 aliphatic carbocycles. The topological polar surface area (TPSA) is 20.3 Å². The highest BCUT2D eigenvalue weighted by Crippen LogP contribution is 2.39. The van der Waals surface area contributed by atoms with Crippen LogP contribution in [0.5, 0.6) is 0 Å². The average molecular weight is 414 g/mol. The molecule has 0 saturated heterocycles. The van der Waals surface area contributed by atoms with Gasteiger partial charge in [0.2, 0.25) is 0 Å². The fraction of sp³-hybridized carbons (Fsp3) is 0.414. The maximum absolute atomic E-state index is 12.5. The average Bonchev–Trinajstić information content (AvgIpc) is 3.37. The molecule has 162 valence electrons. The Morgan fingerprint density at radius 1 is 0.968 bits per heavy atom. The van der Waals surface area contributed by atoms with Gasteiger partial charge in [0.05, 0.1) is 0 Å². The van der Waals surface area contributed by atoms with Gasteiger partial charge in [-0.25, -0.2) is 0 Å². The minimum atomic E-state index is 0.303. The normalized spacial score (nSPS) is 15.5. The third-order valence-electron chi connectivity index (χ3n) is 7.00. The predicted molar refractivity (Wildman–Crippen MR) is 132 cm³/mol. The Morgan fingerprint density at radius 2 is 1.77 bits per heavy atom. The van der Waals surface area contributed by atoms with Gasteiger partial charge in [0.15, 0.2) is 5.78 Å². The van der Waals surface area contributed by atoms with Crippen LogP contribution in [-0.2, 0) is 12.8 Å². The third kappa shape index (κ3) is 4.45. The summed E-state index contributed by atoms with van der Waals surface area (Å²) in [5, 5.41) is 0. The Hall–Kier alpha value is -2.45. The van der Waals surface area contributed by atoms with Crippen LogP contribution in [0.25, 0.3) is 16.7 Å². The number of carbonyl (C=O) groups is 1. The van der Waals surface area contributed by atoms with Crippen molar-refractivity contribution in [2.24, 2.45) is 0 Å². The molecular weight excluding hydrogens is 378 g/mol. The Morgan fingerprint density at radius 3 is 2.48 bits per heavy atom. The second-order valence-corrected chi connectivity index (χ2v) is 9.06. The number of carbonyl (C=O) groups excluding carboxylic acids is 1. The molecule has 0 aromatic heterocycles. The SMILES string of the molecule is CCN(CC)CCCc1ccc2c(c1-c1cc(C3=CCC(C)=C3)ccc1C)CCC2=O. The van der Waals surface area contributed by atoms with Gasteiger partial charge in [-0.1, -0.05) is 55.8 Å². The zero-order valence-electron chi connectivity index (χ0n) is 19.6. The number of Topliss-reactive ketones (excluding diaryl/α,β-unsaturated/α-hetero) is 1. The maximum atomic E-state index is 12.5. The number of aryl methyl sites for hydroxylation is 2. The zero-order chi connectivity index (χ0) is 22.0. The lowest BCUT2D eigenvalue weighted by atomic mass is 9.86. The molecule has 2 nitrogen and oxygen atoms in total. The summed E-state index contributed by atoms with van der Waals surface area (Å²) in [6.45, 7) is 12.2. The van der Waals surface area contributed by atoms with E-state index in [0.717, 1.165) is 50.9 Å². The smallest absolute Gasteiger partial charge is 0.163 e. The predicted octanol–water partition coefficient (Wildman–Crippen LogP) is 6.80. The van der Waals surface area contributed by atoms with Gasteiger partial charge in [-0.3, -0.25) is 4.79 Å². The largest absolute Gasteiger partial charge is 0.304 e. The summed E-state index contributed by atoms with van der Waals surface area (Å²) < 4.78 is 0. The lowest BCUT2D eigenvalue weighted by Gasteiger charge is -2.20. The molecule has 4 rings (SSSR count). The van der Waals surface area contributed by atoms with E-state index >= 15 is 0 Å². The van der Waals surface area contributed by atoms with E-state index in [2.05, 4.69) is 75.1 Å². The molecule has 0 heterocycles. The monoisotopic (exact) mass is 413 g/mol. The molecule has 0 saturated carbocycles. The van der Waals surface area contributed by atoms with Gasteiger partial charge in [0.25, 0.3) is 0 Å². The van der Waals surface area contributed by atoms with Crippen LogP contribution in [0.1, 0.15) is 72.6 Å². The summed E-state index contributed by atoms with van der Waals surface area (Å²) in [5.41, 5.74) is 11.6. The van der Waals surface area contributed by atoms with E-state index < -0.39 is 0 Å². The molecule has 2 aromatic carbocycles. The van der Waals surface area contributed by atoms with E-state index in [-0.39, 0.29) is 0 Å². The van der Waals surface area contributed by atoms with Gasteiger partial charge in [-0.2, -0.15) is 0 Å². The molecule has 0 spiro atoms. The van der Waals surface area contributed by atoms with Crippen LogP contribution >= 0.6 is 0 Å². The first-order valence-electron chi connectivity index (χ1n) is 11.9. The lowest BCUT2D eigenvalue weighted by molar-refractivity contribution is 0.0994. The van der Waals surface area contributed by atoms with Crippen molar-refractivity contribution in [1.29, 1.82) is 0 Å². The van der Waals surface area contributed by atoms with Gasteiger partial charge in [0, 0.05) is 12.0 Å². The second kappa shape index (κ2) is 9.36. The molecule has 0 fully saturated rings.